The lowest BCUT2D eigenvalue weighted by Gasteiger charge is -2.24. The molecule has 2 amide bonds. The summed E-state index contributed by atoms with van der Waals surface area (Å²) in [5.41, 5.74) is 2.68. The van der Waals surface area contributed by atoms with Crippen molar-refractivity contribution < 1.29 is 18.0 Å². The highest BCUT2D eigenvalue weighted by Crippen LogP contribution is 2.29. The third kappa shape index (κ3) is 5.86. The zero-order chi connectivity index (χ0) is 21.6. The Bertz CT molecular complexity index is 952. The molecule has 30 heavy (non-hydrogen) atoms. The summed E-state index contributed by atoms with van der Waals surface area (Å²) in [6.07, 6.45) is -3.48. The molecule has 0 bridgehead atoms. The van der Waals surface area contributed by atoms with Crippen molar-refractivity contribution in [3.8, 4) is 0 Å². The van der Waals surface area contributed by atoms with Gasteiger partial charge in [-0.3, -0.25) is 0 Å². The minimum atomic E-state index is -4.38. The van der Waals surface area contributed by atoms with Crippen LogP contribution in [0.1, 0.15) is 29.2 Å². The second-order valence-corrected chi connectivity index (χ2v) is 7.02. The van der Waals surface area contributed by atoms with Crippen molar-refractivity contribution in [2.24, 2.45) is 0 Å². The Morgan fingerprint density at radius 1 is 0.800 bits per heavy atom. The fraction of sp³-hybridized carbons (Fsp3) is 0.208. The van der Waals surface area contributed by atoms with Crippen LogP contribution < -0.4 is 5.32 Å². The zero-order valence-corrected chi connectivity index (χ0v) is 16.6. The van der Waals surface area contributed by atoms with Gasteiger partial charge in [-0.15, -0.1) is 0 Å². The maximum Gasteiger partial charge on any atom is 0.416 e. The van der Waals surface area contributed by atoms with Gasteiger partial charge in [0.05, 0.1) is 5.56 Å². The molecule has 3 aromatic carbocycles. The number of halogens is 3. The van der Waals surface area contributed by atoms with Crippen molar-refractivity contribution in [1.82, 2.24) is 4.90 Å². The lowest BCUT2D eigenvalue weighted by Crippen LogP contribution is -2.34. The van der Waals surface area contributed by atoms with Crippen LogP contribution in [0, 0.1) is 0 Å². The number of benzene rings is 3. The van der Waals surface area contributed by atoms with E-state index in [2.05, 4.69) is 12.2 Å². The molecule has 1 N–H and O–H groups in total. The number of hydrogen-bond acceptors (Lipinski definition) is 1. The Morgan fingerprint density at radius 2 is 1.33 bits per heavy atom. The molecular weight excluding hydrogens is 389 g/mol. The van der Waals surface area contributed by atoms with Crippen molar-refractivity contribution >= 4 is 11.7 Å². The number of carbonyl (C=O) groups excluding carboxylic acids is 1. The number of nitrogens with one attached hydrogen (secondary N) is 1. The van der Waals surface area contributed by atoms with Crippen molar-refractivity contribution in [2.45, 2.75) is 32.6 Å². The summed E-state index contributed by atoms with van der Waals surface area (Å²) >= 11 is 0. The molecule has 0 aromatic heterocycles. The number of rotatable bonds is 6. The van der Waals surface area contributed by atoms with Crippen molar-refractivity contribution in [1.29, 1.82) is 0 Å². The molecule has 3 nitrogen and oxygen atoms in total. The predicted molar refractivity (Wildman–Crippen MR) is 112 cm³/mol. The van der Waals surface area contributed by atoms with E-state index in [4.69, 9.17) is 0 Å². The molecule has 0 heterocycles. The molecule has 0 aliphatic rings. The van der Waals surface area contributed by atoms with Crippen LogP contribution in [0.25, 0.3) is 0 Å². The molecule has 6 heteroatoms. The van der Waals surface area contributed by atoms with Gasteiger partial charge in [-0.1, -0.05) is 61.5 Å². The number of urea groups is 1. The molecule has 0 aliphatic heterocycles. The van der Waals surface area contributed by atoms with Gasteiger partial charge in [-0.2, -0.15) is 13.2 Å². The number of amides is 2. The van der Waals surface area contributed by atoms with E-state index < -0.39 is 11.7 Å². The van der Waals surface area contributed by atoms with Crippen LogP contribution in [0.5, 0.6) is 0 Å². The van der Waals surface area contributed by atoms with E-state index in [0.717, 1.165) is 24.1 Å². The van der Waals surface area contributed by atoms with Crippen LogP contribution in [0.4, 0.5) is 23.7 Å². The largest absolute Gasteiger partial charge is 0.416 e. The topological polar surface area (TPSA) is 32.3 Å². The second-order valence-electron chi connectivity index (χ2n) is 7.02. The Morgan fingerprint density at radius 3 is 1.87 bits per heavy atom. The number of anilines is 1. The monoisotopic (exact) mass is 412 g/mol. The van der Waals surface area contributed by atoms with Gasteiger partial charge in [0.1, 0.15) is 0 Å². The third-order valence-electron chi connectivity index (χ3n) is 4.77. The summed E-state index contributed by atoms with van der Waals surface area (Å²) in [6.45, 7) is 2.58. The lowest BCUT2D eigenvalue weighted by molar-refractivity contribution is -0.137. The molecule has 0 saturated heterocycles. The molecule has 0 atom stereocenters. The highest BCUT2D eigenvalue weighted by molar-refractivity contribution is 5.89. The molecule has 0 saturated carbocycles. The first-order chi connectivity index (χ1) is 14.3. The van der Waals surface area contributed by atoms with Crippen LogP contribution >= 0.6 is 0 Å². The maximum absolute atomic E-state index is 12.9. The van der Waals surface area contributed by atoms with Gasteiger partial charge in [-0.05, 0) is 47.4 Å². The van der Waals surface area contributed by atoms with E-state index >= 15 is 0 Å². The van der Waals surface area contributed by atoms with Gasteiger partial charge >= 0.3 is 12.2 Å². The number of carbonyl (C=O) groups is 1. The Hall–Kier alpha value is -3.28. The van der Waals surface area contributed by atoms with Gasteiger partial charge in [0.15, 0.2) is 0 Å². The van der Waals surface area contributed by atoms with Crippen molar-refractivity contribution in [2.75, 3.05) is 5.32 Å². The van der Waals surface area contributed by atoms with Gasteiger partial charge in [0.2, 0.25) is 0 Å². The predicted octanol–water partition coefficient (Wildman–Crippen LogP) is 6.50. The summed E-state index contributed by atoms with van der Waals surface area (Å²) in [7, 11) is 0. The lowest BCUT2D eigenvalue weighted by atomic mass is 10.1. The van der Waals surface area contributed by atoms with E-state index in [1.54, 1.807) is 4.90 Å². The zero-order valence-electron chi connectivity index (χ0n) is 16.6. The maximum atomic E-state index is 12.9. The van der Waals surface area contributed by atoms with E-state index in [1.165, 1.54) is 17.7 Å². The van der Waals surface area contributed by atoms with Crippen LogP contribution in [-0.2, 0) is 25.7 Å². The summed E-state index contributed by atoms with van der Waals surface area (Å²) in [4.78, 5) is 14.5. The number of aryl methyl sites for hydroxylation is 1. The van der Waals surface area contributed by atoms with Crippen LogP contribution in [0.15, 0.2) is 78.9 Å². The van der Waals surface area contributed by atoms with Crippen LogP contribution in [-0.4, -0.2) is 10.9 Å². The molecule has 0 aliphatic carbocycles. The molecule has 3 aromatic rings. The Labute approximate surface area is 174 Å². The van der Waals surface area contributed by atoms with Crippen LogP contribution in [0.2, 0.25) is 0 Å². The number of nitrogens with zero attached hydrogens (tertiary/aromatic N) is 1. The molecule has 0 fully saturated rings. The third-order valence-corrected chi connectivity index (χ3v) is 4.77. The molecule has 0 radical (unpaired) electrons. The second kappa shape index (κ2) is 9.48. The summed E-state index contributed by atoms with van der Waals surface area (Å²) in [5, 5.41) is 2.88. The minimum Gasteiger partial charge on any atom is -0.316 e. The first kappa shape index (κ1) is 21.4. The SMILES string of the molecule is CCc1ccc(NC(=O)N(Cc2ccccc2)Cc2ccc(C(F)(F)F)cc2)cc1. The van der Waals surface area contributed by atoms with Gasteiger partial charge in [0, 0.05) is 18.8 Å². The van der Waals surface area contributed by atoms with Gasteiger partial charge in [-0.25, -0.2) is 4.79 Å². The van der Waals surface area contributed by atoms with E-state index in [0.29, 0.717) is 17.8 Å². The fourth-order valence-corrected chi connectivity index (χ4v) is 3.05. The number of alkyl halides is 3. The first-order valence-corrected chi connectivity index (χ1v) is 9.70. The summed E-state index contributed by atoms with van der Waals surface area (Å²) in [6, 6.07) is 21.6. The first-order valence-electron chi connectivity index (χ1n) is 9.70. The van der Waals surface area contributed by atoms with Gasteiger partial charge < -0.3 is 10.2 Å². The quantitative estimate of drug-likeness (QED) is 0.492. The molecule has 0 spiro atoms. The smallest absolute Gasteiger partial charge is 0.316 e. The Kier molecular flexibility index (Phi) is 6.77. The highest BCUT2D eigenvalue weighted by Gasteiger charge is 2.30. The van der Waals surface area contributed by atoms with E-state index in [-0.39, 0.29) is 12.6 Å². The van der Waals surface area contributed by atoms with Crippen molar-refractivity contribution in [3.63, 3.8) is 0 Å². The van der Waals surface area contributed by atoms with Crippen LogP contribution in [0.3, 0.4) is 0 Å². The molecular formula is C24H23F3N2O. The number of hydrogen-bond donors (Lipinski definition) is 1. The van der Waals surface area contributed by atoms with Gasteiger partial charge in [0.25, 0.3) is 0 Å². The summed E-state index contributed by atoms with van der Waals surface area (Å²) in [5.74, 6) is 0. The average molecular weight is 412 g/mol. The highest BCUT2D eigenvalue weighted by atomic mass is 19.4. The summed E-state index contributed by atoms with van der Waals surface area (Å²) < 4.78 is 38.5. The Balaban J connectivity index is 1.77. The fourth-order valence-electron chi connectivity index (χ4n) is 3.05. The standard InChI is InChI=1S/C24H23F3N2O/c1-2-18-10-14-22(15-11-18)28-23(30)29(16-19-6-4-3-5-7-19)17-20-8-12-21(13-9-20)24(25,26)27/h3-15H,2,16-17H2,1H3,(H,28,30). The molecule has 0 unspecified atom stereocenters. The average Bonchev–Trinajstić information content (AvgIpc) is 2.74. The minimum absolute atomic E-state index is 0.186. The van der Waals surface area contributed by atoms with Crippen molar-refractivity contribution in [3.05, 3.63) is 101 Å². The molecule has 156 valence electrons. The van der Waals surface area contributed by atoms with E-state index in [1.807, 2.05) is 54.6 Å². The normalized spacial score (nSPS) is 11.2. The van der Waals surface area contributed by atoms with E-state index in [9.17, 15) is 18.0 Å². The molecule has 3 rings (SSSR count).